The Bertz CT molecular complexity index is 718. The molecule has 2 aromatic rings. The average Bonchev–Trinajstić information content (AvgIpc) is 2.71. The van der Waals surface area contributed by atoms with Gasteiger partial charge < -0.3 is 19.7 Å². The number of halogens is 2. The highest BCUT2D eigenvalue weighted by Gasteiger charge is 2.11. The summed E-state index contributed by atoms with van der Waals surface area (Å²) in [5.74, 6) is 0.805. The molecule has 28 heavy (non-hydrogen) atoms. The Morgan fingerprint density at radius 2 is 1.89 bits per heavy atom. The second kappa shape index (κ2) is 11.9. The highest BCUT2D eigenvalue weighted by Crippen LogP contribution is 2.30. The van der Waals surface area contributed by atoms with E-state index in [-0.39, 0.29) is 12.4 Å². The van der Waals surface area contributed by atoms with Crippen LogP contribution in [0, 0.1) is 5.82 Å². The maximum absolute atomic E-state index is 13.9. The third-order valence-corrected chi connectivity index (χ3v) is 5.07. The highest BCUT2D eigenvalue weighted by molar-refractivity contribution is 6.31. The smallest absolute Gasteiger partial charge is 0.161 e. The maximum Gasteiger partial charge on any atom is 0.161 e. The molecule has 0 aliphatic heterocycles. The van der Waals surface area contributed by atoms with Crippen molar-refractivity contribution in [2.45, 2.75) is 33.4 Å². The molecule has 154 valence electrons. The molecule has 0 spiro atoms. The molecule has 0 saturated carbocycles. The van der Waals surface area contributed by atoms with E-state index in [1.807, 2.05) is 18.2 Å². The molecule has 4 nitrogen and oxygen atoms in total. The molecule has 0 aliphatic carbocycles. The molecule has 0 amide bonds. The molecular weight excluding hydrogens is 379 g/mol. The summed E-state index contributed by atoms with van der Waals surface area (Å²) in [4.78, 5) is 2.42. The first kappa shape index (κ1) is 22.5. The van der Waals surface area contributed by atoms with Gasteiger partial charge in [0.1, 0.15) is 12.4 Å². The molecule has 0 heterocycles. The van der Waals surface area contributed by atoms with E-state index in [1.165, 1.54) is 6.07 Å². The predicted octanol–water partition coefficient (Wildman–Crippen LogP) is 4.89. The Kier molecular flexibility index (Phi) is 9.55. The fraction of sp³-hybridized carbons (Fsp3) is 0.455. The number of hydrogen-bond donors (Lipinski definition) is 1. The summed E-state index contributed by atoms with van der Waals surface area (Å²) in [6.07, 6.45) is 1.11. The maximum atomic E-state index is 13.9. The van der Waals surface area contributed by atoms with Crippen LogP contribution in [-0.2, 0) is 13.2 Å². The van der Waals surface area contributed by atoms with Gasteiger partial charge in [0, 0.05) is 12.1 Å². The minimum atomic E-state index is -0.378. The van der Waals surface area contributed by atoms with Gasteiger partial charge in [0.2, 0.25) is 0 Å². The molecule has 1 N–H and O–H groups in total. The van der Waals surface area contributed by atoms with Gasteiger partial charge in [0.15, 0.2) is 11.5 Å². The summed E-state index contributed by atoms with van der Waals surface area (Å²) >= 11 is 6.05. The van der Waals surface area contributed by atoms with Crippen molar-refractivity contribution >= 4 is 11.6 Å². The molecule has 0 atom stereocenters. The fourth-order valence-corrected chi connectivity index (χ4v) is 3.18. The zero-order valence-corrected chi connectivity index (χ0v) is 17.7. The topological polar surface area (TPSA) is 33.7 Å². The van der Waals surface area contributed by atoms with Crippen molar-refractivity contribution in [3.8, 4) is 11.5 Å². The van der Waals surface area contributed by atoms with E-state index in [2.05, 4.69) is 24.1 Å². The van der Waals surface area contributed by atoms with E-state index in [9.17, 15) is 4.39 Å². The van der Waals surface area contributed by atoms with Gasteiger partial charge in [-0.25, -0.2) is 4.39 Å². The number of nitrogens with one attached hydrogen (secondary N) is 1. The van der Waals surface area contributed by atoms with Crippen molar-refractivity contribution < 1.29 is 13.9 Å². The lowest BCUT2D eigenvalue weighted by molar-refractivity contribution is 0.279. The number of methoxy groups -OCH3 is 1. The second-order valence-corrected chi connectivity index (χ2v) is 6.94. The molecule has 2 aromatic carbocycles. The van der Waals surface area contributed by atoms with Crippen molar-refractivity contribution in [1.82, 2.24) is 10.2 Å². The van der Waals surface area contributed by atoms with Crippen molar-refractivity contribution in [2.24, 2.45) is 0 Å². The van der Waals surface area contributed by atoms with Crippen LogP contribution >= 0.6 is 11.6 Å². The summed E-state index contributed by atoms with van der Waals surface area (Å²) in [5, 5.41) is 3.81. The third kappa shape index (κ3) is 6.66. The van der Waals surface area contributed by atoms with Crippen molar-refractivity contribution in [2.75, 3.05) is 33.3 Å². The van der Waals surface area contributed by atoms with Gasteiger partial charge in [-0.1, -0.05) is 37.6 Å². The first-order chi connectivity index (χ1) is 13.6. The van der Waals surface area contributed by atoms with Crippen LogP contribution in [-0.4, -0.2) is 38.2 Å². The number of hydrogen-bond acceptors (Lipinski definition) is 4. The van der Waals surface area contributed by atoms with Crippen LogP contribution in [0.25, 0.3) is 0 Å². The third-order valence-electron chi connectivity index (χ3n) is 4.71. The number of nitrogens with zero attached hydrogens (tertiary/aromatic N) is 1. The SMILES string of the molecule is CCN(CC)CCCNCc1ccc(OCc2c(F)cccc2Cl)c(OC)c1. The second-order valence-electron chi connectivity index (χ2n) is 6.53. The van der Waals surface area contributed by atoms with Crippen LogP contribution in [0.4, 0.5) is 4.39 Å². The lowest BCUT2D eigenvalue weighted by Crippen LogP contribution is -2.27. The molecule has 0 aliphatic rings. The summed E-state index contributed by atoms with van der Waals surface area (Å²) in [5.41, 5.74) is 1.45. The number of benzene rings is 2. The van der Waals surface area contributed by atoms with Crippen LogP contribution in [0.1, 0.15) is 31.4 Å². The Morgan fingerprint density at radius 1 is 1.11 bits per heavy atom. The minimum Gasteiger partial charge on any atom is -0.493 e. The first-order valence-corrected chi connectivity index (χ1v) is 10.1. The molecule has 0 unspecified atom stereocenters. The predicted molar refractivity (Wildman–Crippen MR) is 113 cm³/mol. The lowest BCUT2D eigenvalue weighted by atomic mass is 10.2. The normalized spacial score (nSPS) is 11.1. The molecule has 0 bridgehead atoms. The Hall–Kier alpha value is -1.82. The molecule has 6 heteroatoms. The first-order valence-electron chi connectivity index (χ1n) is 9.74. The summed E-state index contributed by atoms with van der Waals surface area (Å²) in [6, 6.07) is 10.4. The van der Waals surface area contributed by atoms with E-state index in [0.717, 1.165) is 44.7 Å². The van der Waals surface area contributed by atoms with E-state index in [0.29, 0.717) is 22.1 Å². The van der Waals surface area contributed by atoms with Gasteiger partial charge in [-0.3, -0.25) is 0 Å². The van der Waals surface area contributed by atoms with E-state index in [1.54, 1.807) is 19.2 Å². The van der Waals surface area contributed by atoms with E-state index >= 15 is 0 Å². The molecule has 0 fully saturated rings. The minimum absolute atomic E-state index is 0.0464. The summed E-state index contributed by atoms with van der Waals surface area (Å²) in [6.45, 7) is 9.43. The summed E-state index contributed by atoms with van der Waals surface area (Å²) in [7, 11) is 1.60. The quantitative estimate of drug-likeness (QED) is 0.507. The van der Waals surface area contributed by atoms with Crippen molar-refractivity contribution in [3.63, 3.8) is 0 Å². The highest BCUT2D eigenvalue weighted by atomic mass is 35.5. The van der Waals surface area contributed by atoms with Crippen LogP contribution in [0.5, 0.6) is 11.5 Å². The molecule has 0 saturated heterocycles. The monoisotopic (exact) mass is 408 g/mol. The van der Waals surface area contributed by atoms with Gasteiger partial charge in [-0.2, -0.15) is 0 Å². The standard InChI is InChI=1S/C22H30ClFN2O2/c1-4-26(5-2)13-7-12-25-15-17-10-11-21(22(14-17)27-3)28-16-18-19(23)8-6-9-20(18)24/h6,8-11,14,25H,4-5,7,12-13,15-16H2,1-3H3. The van der Waals surface area contributed by atoms with Gasteiger partial charge in [0.05, 0.1) is 12.1 Å². The van der Waals surface area contributed by atoms with Gasteiger partial charge >= 0.3 is 0 Å². The van der Waals surface area contributed by atoms with Crippen LogP contribution in [0.15, 0.2) is 36.4 Å². The summed E-state index contributed by atoms with van der Waals surface area (Å²) < 4.78 is 25.1. The number of rotatable bonds is 12. The van der Waals surface area contributed by atoms with Crippen LogP contribution < -0.4 is 14.8 Å². The zero-order valence-electron chi connectivity index (χ0n) is 16.9. The largest absolute Gasteiger partial charge is 0.493 e. The van der Waals surface area contributed by atoms with Crippen molar-refractivity contribution in [3.05, 3.63) is 58.4 Å². The Balaban J connectivity index is 1.87. The van der Waals surface area contributed by atoms with Crippen LogP contribution in [0.3, 0.4) is 0 Å². The molecule has 0 radical (unpaired) electrons. The van der Waals surface area contributed by atoms with E-state index < -0.39 is 0 Å². The van der Waals surface area contributed by atoms with Crippen LogP contribution in [0.2, 0.25) is 5.02 Å². The van der Waals surface area contributed by atoms with Crippen molar-refractivity contribution in [1.29, 1.82) is 0 Å². The number of ether oxygens (including phenoxy) is 2. The average molecular weight is 409 g/mol. The molecule has 2 rings (SSSR count). The Labute approximate surface area is 172 Å². The fourth-order valence-electron chi connectivity index (χ4n) is 2.96. The molecule has 0 aromatic heterocycles. The van der Waals surface area contributed by atoms with Gasteiger partial charge in [-0.05, 0) is 62.4 Å². The van der Waals surface area contributed by atoms with Gasteiger partial charge in [0.25, 0.3) is 0 Å². The lowest BCUT2D eigenvalue weighted by Gasteiger charge is -2.17. The van der Waals surface area contributed by atoms with Gasteiger partial charge in [-0.15, -0.1) is 0 Å². The zero-order chi connectivity index (χ0) is 20.4. The van der Waals surface area contributed by atoms with E-state index in [4.69, 9.17) is 21.1 Å². The Morgan fingerprint density at radius 3 is 2.57 bits per heavy atom. The molecular formula is C22H30ClFN2O2.